The summed E-state index contributed by atoms with van der Waals surface area (Å²) in [6, 6.07) is 6.81. The number of carboxylic acids is 1. The molecule has 0 saturated carbocycles. The fourth-order valence-electron chi connectivity index (χ4n) is 2.60. The van der Waals surface area contributed by atoms with Gasteiger partial charge >= 0.3 is 5.97 Å². The number of nitrogens with zero attached hydrogens (tertiary/aromatic N) is 2. The molecule has 1 aromatic carbocycles. The first-order chi connectivity index (χ1) is 13.2. The van der Waals surface area contributed by atoms with Crippen LogP contribution in [0.2, 0.25) is 0 Å². The smallest absolute Gasteiger partial charge is 0.330 e. The SMILES string of the molecule is O=C(O)C1C=C2CN1/C=C/N=C\OC/C=C/C=C/C=C\c1ccccc1O2. The van der Waals surface area contributed by atoms with Crippen LogP contribution in [0, 0.1) is 0 Å². The third-order valence-electron chi connectivity index (χ3n) is 3.87. The predicted octanol–water partition coefficient (Wildman–Crippen LogP) is 3.37. The monoisotopic (exact) mass is 364 g/mol. The number of carboxylic acid groups (broad SMARTS) is 1. The van der Waals surface area contributed by atoms with Crippen LogP contribution < -0.4 is 4.74 Å². The number of fused-ring (bicyclic) bond motifs is 3. The molecular formula is C21H20N2O4. The van der Waals surface area contributed by atoms with Gasteiger partial charge in [0.25, 0.3) is 0 Å². The molecule has 2 aliphatic rings. The molecule has 1 unspecified atom stereocenters. The number of hydrogen-bond acceptors (Lipinski definition) is 5. The average molecular weight is 364 g/mol. The topological polar surface area (TPSA) is 71.4 Å². The molecule has 0 aromatic heterocycles. The van der Waals surface area contributed by atoms with Crippen LogP contribution in [0.1, 0.15) is 5.56 Å². The summed E-state index contributed by atoms with van der Waals surface area (Å²) >= 11 is 0. The first-order valence-corrected chi connectivity index (χ1v) is 8.50. The molecule has 0 radical (unpaired) electrons. The van der Waals surface area contributed by atoms with E-state index in [1.54, 1.807) is 17.2 Å². The van der Waals surface area contributed by atoms with Crippen molar-refractivity contribution in [3.8, 4) is 5.75 Å². The van der Waals surface area contributed by atoms with Gasteiger partial charge in [0.15, 0.2) is 6.40 Å². The average Bonchev–Trinajstić information content (AvgIpc) is 3.06. The van der Waals surface area contributed by atoms with Gasteiger partial charge in [0.05, 0.1) is 6.54 Å². The Hall–Kier alpha value is -3.54. The second kappa shape index (κ2) is 9.24. The van der Waals surface area contributed by atoms with Crippen LogP contribution in [-0.2, 0) is 9.53 Å². The Bertz CT molecular complexity index is 849. The normalized spacial score (nSPS) is 25.4. The van der Waals surface area contributed by atoms with Crippen molar-refractivity contribution in [2.24, 2.45) is 4.99 Å². The van der Waals surface area contributed by atoms with E-state index in [-0.39, 0.29) is 0 Å². The number of carbonyl (C=O) groups is 1. The second-order valence-corrected chi connectivity index (χ2v) is 5.79. The zero-order valence-electron chi connectivity index (χ0n) is 14.6. The van der Waals surface area contributed by atoms with E-state index in [4.69, 9.17) is 9.47 Å². The quantitative estimate of drug-likeness (QED) is 0.827. The molecule has 0 spiro atoms. The minimum atomic E-state index is -0.951. The minimum absolute atomic E-state index is 0.338. The molecule has 1 N–H and O–H groups in total. The van der Waals surface area contributed by atoms with Gasteiger partial charge < -0.3 is 19.5 Å². The molecular weight excluding hydrogens is 344 g/mol. The van der Waals surface area contributed by atoms with Gasteiger partial charge in [0.1, 0.15) is 24.2 Å². The molecule has 2 aliphatic heterocycles. The number of allylic oxidation sites excluding steroid dienone is 4. The zero-order valence-corrected chi connectivity index (χ0v) is 14.6. The van der Waals surface area contributed by atoms with E-state index >= 15 is 0 Å². The van der Waals surface area contributed by atoms with Crippen molar-refractivity contribution in [3.63, 3.8) is 0 Å². The Kier molecular flexibility index (Phi) is 6.25. The number of hydrogen-bond donors (Lipinski definition) is 1. The van der Waals surface area contributed by atoms with Gasteiger partial charge in [-0.05, 0) is 18.2 Å². The molecule has 6 heteroatoms. The van der Waals surface area contributed by atoms with Gasteiger partial charge in [-0.15, -0.1) is 0 Å². The van der Waals surface area contributed by atoms with Crippen LogP contribution in [0.15, 0.2) is 83.9 Å². The molecule has 3 rings (SSSR count). The number of para-hydroxylation sites is 1. The van der Waals surface area contributed by atoms with Crippen molar-refractivity contribution in [3.05, 3.63) is 84.4 Å². The molecule has 1 atom stereocenters. The molecule has 6 nitrogen and oxygen atoms in total. The van der Waals surface area contributed by atoms with Gasteiger partial charge in [0.2, 0.25) is 0 Å². The lowest BCUT2D eigenvalue weighted by Crippen LogP contribution is -2.32. The highest BCUT2D eigenvalue weighted by Gasteiger charge is 2.29. The Balaban J connectivity index is 1.89. The first kappa shape index (κ1) is 18.3. The summed E-state index contributed by atoms with van der Waals surface area (Å²) in [5.74, 6) is 0.298. The second-order valence-electron chi connectivity index (χ2n) is 5.79. The number of aliphatic carboxylic acids is 1. The van der Waals surface area contributed by atoms with Crippen LogP contribution in [0.4, 0.5) is 0 Å². The third kappa shape index (κ3) is 5.22. The summed E-state index contributed by atoms with van der Waals surface area (Å²) in [6.45, 7) is 0.736. The van der Waals surface area contributed by atoms with Crippen LogP contribution in [0.5, 0.6) is 5.75 Å². The van der Waals surface area contributed by atoms with Gasteiger partial charge in [-0.3, -0.25) is 0 Å². The molecule has 0 saturated heterocycles. The zero-order chi connectivity index (χ0) is 18.9. The van der Waals surface area contributed by atoms with Crippen LogP contribution in [0.25, 0.3) is 6.08 Å². The summed E-state index contributed by atoms with van der Waals surface area (Å²) in [5.41, 5.74) is 0.905. The third-order valence-corrected chi connectivity index (χ3v) is 3.87. The lowest BCUT2D eigenvalue weighted by Gasteiger charge is -2.18. The maximum atomic E-state index is 11.5. The highest BCUT2D eigenvalue weighted by atomic mass is 16.5. The van der Waals surface area contributed by atoms with Crippen molar-refractivity contribution >= 4 is 18.4 Å². The summed E-state index contributed by atoms with van der Waals surface area (Å²) < 4.78 is 11.2. The van der Waals surface area contributed by atoms with E-state index in [0.717, 1.165) is 5.56 Å². The Morgan fingerprint density at radius 2 is 2.04 bits per heavy atom. The van der Waals surface area contributed by atoms with E-state index in [1.165, 1.54) is 12.6 Å². The van der Waals surface area contributed by atoms with Crippen molar-refractivity contribution in [2.75, 3.05) is 13.2 Å². The lowest BCUT2D eigenvalue weighted by atomic mass is 10.2. The standard InChI is InChI=1S/C21H20N2O4/c24-21(25)19-14-18-15-23(19)12-11-22-16-26-13-7-3-1-2-4-8-17-9-5-6-10-20(17)27-18/h1-12,14,16,19H,13,15H2,(H,24,25)/b2-1+,7-3+,8-4-,12-11+,22-16-. The number of rotatable bonds is 1. The Labute approximate surface area is 157 Å². The molecule has 138 valence electrons. The van der Waals surface area contributed by atoms with Gasteiger partial charge in [0, 0.05) is 18.0 Å². The van der Waals surface area contributed by atoms with Crippen LogP contribution >= 0.6 is 0 Å². The maximum absolute atomic E-state index is 11.5. The summed E-state index contributed by atoms with van der Waals surface area (Å²) in [6.07, 6.45) is 17.4. The number of ether oxygens (including phenoxy) is 2. The highest BCUT2D eigenvalue weighted by Crippen LogP contribution is 2.25. The molecule has 1 aromatic rings. The van der Waals surface area contributed by atoms with Crippen molar-refractivity contribution in [2.45, 2.75) is 6.04 Å². The van der Waals surface area contributed by atoms with Gasteiger partial charge in [-0.1, -0.05) is 48.6 Å². The van der Waals surface area contributed by atoms with Crippen molar-refractivity contribution < 1.29 is 19.4 Å². The van der Waals surface area contributed by atoms with Crippen molar-refractivity contribution in [1.82, 2.24) is 4.90 Å². The summed E-state index contributed by atoms with van der Waals surface area (Å²) in [4.78, 5) is 17.2. The summed E-state index contributed by atoms with van der Waals surface area (Å²) in [7, 11) is 0. The Morgan fingerprint density at radius 3 is 2.93 bits per heavy atom. The van der Waals surface area contributed by atoms with E-state index in [2.05, 4.69) is 4.99 Å². The summed E-state index contributed by atoms with van der Waals surface area (Å²) in [5, 5.41) is 9.45. The fraction of sp³-hybridized carbons (Fsp3) is 0.143. The lowest BCUT2D eigenvalue weighted by molar-refractivity contribution is -0.140. The van der Waals surface area contributed by atoms with Gasteiger partial charge in [-0.2, -0.15) is 0 Å². The molecule has 0 amide bonds. The molecule has 0 fully saturated rings. The van der Waals surface area contributed by atoms with Gasteiger partial charge in [-0.25, -0.2) is 9.79 Å². The van der Waals surface area contributed by atoms with E-state index in [0.29, 0.717) is 24.7 Å². The first-order valence-electron chi connectivity index (χ1n) is 8.50. The molecule has 2 bridgehead atoms. The highest BCUT2D eigenvalue weighted by molar-refractivity contribution is 5.77. The maximum Gasteiger partial charge on any atom is 0.330 e. The fourth-order valence-corrected chi connectivity index (χ4v) is 2.60. The van der Waals surface area contributed by atoms with E-state index < -0.39 is 12.0 Å². The molecule has 0 aliphatic carbocycles. The Morgan fingerprint density at radius 1 is 1.19 bits per heavy atom. The number of aliphatic imine (C=N–C) groups is 1. The van der Waals surface area contributed by atoms with Crippen molar-refractivity contribution in [1.29, 1.82) is 0 Å². The van der Waals surface area contributed by atoms with Crippen LogP contribution in [0.3, 0.4) is 0 Å². The largest absolute Gasteiger partial charge is 0.479 e. The predicted molar refractivity (Wildman–Crippen MR) is 104 cm³/mol. The van der Waals surface area contributed by atoms with E-state index in [1.807, 2.05) is 60.7 Å². The molecule has 2 heterocycles. The van der Waals surface area contributed by atoms with Crippen LogP contribution in [-0.4, -0.2) is 41.6 Å². The minimum Gasteiger partial charge on any atom is -0.479 e. The number of benzene rings is 1. The molecule has 27 heavy (non-hydrogen) atoms. The van der Waals surface area contributed by atoms with E-state index in [9.17, 15) is 9.90 Å².